The summed E-state index contributed by atoms with van der Waals surface area (Å²) in [5, 5.41) is 1.90. The number of nitrogens with two attached hydrogens (primary N) is 1. The maximum Gasteiger partial charge on any atom is 0.154 e. The fraction of sp³-hybridized carbons (Fsp3) is 0.357. The third-order valence-corrected chi connectivity index (χ3v) is 5.90. The molecule has 2 aromatic rings. The third kappa shape index (κ3) is 2.35. The number of rotatable bonds is 3. The fourth-order valence-electron chi connectivity index (χ4n) is 1.99. The van der Waals surface area contributed by atoms with Crippen molar-refractivity contribution in [3.63, 3.8) is 0 Å². The van der Waals surface area contributed by atoms with Gasteiger partial charge in [0.15, 0.2) is 9.84 Å². The molecule has 1 heterocycles. The van der Waals surface area contributed by atoms with Crippen molar-refractivity contribution in [2.45, 2.75) is 24.6 Å². The van der Waals surface area contributed by atoms with Crippen LogP contribution in [0.1, 0.15) is 25.5 Å². The van der Waals surface area contributed by atoms with Crippen molar-refractivity contribution in [1.29, 1.82) is 0 Å². The first-order chi connectivity index (χ1) is 8.75. The van der Waals surface area contributed by atoms with E-state index in [2.05, 4.69) is 4.98 Å². The van der Waals surface area contributed by atoms with E-state index in [9.17, 15) is 8.42 Å². The fourth-order valence-corrected chi connectivity index (χ4v) is 2.58. The summed E-state index contributed by atoms with van der Waals surface area (Å²) in [4.78, 5) is 4.15. The van der Waals surface area contributed by atoms with Crippen LogP contribution in [0, 0.1) is 0 Å². The van der Waals surface area contributed by atoms with Crippen LogP contribution < -0.4 is 5.73 Å². The molecule has 0 fully saturated rings. The standard InChI is InChI=1S/C14H18N2O2S/c1-14(2,19(3,17)18)13(15)12-9-16-8-10-6-4-5-7-11(10)12/h4-9,13H,15H2,1-3H3. The van der Waals surface area contributed by atoms with Crippen LogP contribution in [0.3, 0.4) is 0 Å². The smallest absolute Gasteiger partial charge is 0.154 e. The molecular formula is C14H18N2O2S. The summed E-state index contributed by atoms with van der Waals surface area (Å²) in [5.41, 5.74) is 6.96. The number of sulfone groups is 1. The van der Waals surface area contributed by atoms with E-state index in [0.29, 0.717) is 0 Å². The Kier molecular flexibility index (Phi) is 3.36. The Hall–Kier alpha value is -1.46. The second-order valence-corrected chi connectivity index (χ2v) is 7.90. The number of benzene rings is 1. The van der Waals surface area contributed by atoms with Gasteiger partial charge >= 0.3 is 0 Å². The topological polar surface area (TPSA) is 73.0 Å². The second kappa shape index (κ2) is 4.58. The molecule has 1 atom stereocenters. The van der Waals surface area contributed by atoms with Crippen LogP contribution >= 0.6 is 0 Å². The number of pyridine rings is 1. The number of nitrogens with zero attached hydrogens (tertiary/aromatic N) is 1. The van der Waals surface area contributed by atoms with Crippen molar-refractivity contribution in [2.24, 2.45) is 5.73 Å². The van der Waals surface area contributed by atoms with Crippen LogP contribution in [-0.2, 0) is 9.84 Å². The van der Waals surface area contributed by atoms with Gasteiger partial charge in [0, 0.05) is 24.0 Å². The normalized spacial score (nSPS) is 14.5. The van der Waals surface area contributed by atoms with Crippen molar-refractivity contribution in [1.82, 2.24) is 4.98 Å². The summed E-state index contributed by atoms with van der Waals surface area (Å²) >= 11 is 0. The summed E-state index contributed by atoms with van der Waals surface area (Å²) < 4.78 is 22.8. The summed E-state index contributed by atoms with van der Waals surface area (Å²) in [6.07, 6.45) is 4.62. The minimum absolute atomic E-state index is 0.624. The lowest BCUT2D eigenvalue weighted by atomic mass is 9.93. The van der Waals surface area contributed by atoms with Gasteiger partial charge in [0.1, 0.15) is 0 Å². The summed E-state index contributed by atoms with van der Waals surface area (Å²) in [6, 6.07) is 7.07. The van der Waals surface area contributed by atoms with Crippen LogP contribution in [0.4, 0.5) is 0 Å². The molecular weight excluding hydrogens is 260 g/mol. The summed E-state index contributed by atoms with van der Waals surface area (Å²) in [6.45, 7) is 3.30. The first kappa shape index (κ1) is 14.0. The van der Waals surface area contributed by atoms with Gasteiger partial charge in [0.2, 0.25) is 0 Å². The lowest BCUT2D eigenvalue weighted by Crippen LogP contribution is -2.42. The van der Waals surface area contributed by atoms with E-state index in [0.717, 1.165) is 16.3 Å². The molecule has 0 bridgehead atoms. The van der Waals surface area contributed by atoms with E-state index < -0.39 is 20.6 Å². The molecule has 4 nitrogen and oxygen atoms in total. The molecule has 0 radical (unpaired) electrons. The lowest BCUT2D eigenvalue weighted by molar-refractivity contribution is 0.497. The Labute approximate surface area is 113 Å². The number of fused-ring (bicyclic) bond motifs is 1. The second-order valence-electron chi connectivity index (χ2n) is 5.30. The van der Waals surface area contributed by atoms with E-state index in [-0.39, 0.29) is 0 Å². The zero-order valence-corrected chi connectivity index (χ0v) is 12.1. The molecule has 0 aliphatic carbocycles. The van der Waals surface area contributed by atoms with Gasteiger partial charge in [-0.3, -0.25) is 4.98 Å². The molecule has 1 aromatic carbocycles. The summed E-state index contributed by atoms with van der Waals surface area (Å²) in [5.74, 6) is 0. The largest absolute Gasteiger partial charge is 0.323 e. The van der Waals surface area contributed by atoms with Gasteiger partial charge < -0.3 is 5.73 Å². The Morgan fingerprint density at radius 3 is 2.47 bits per heavy atom. The predicted octanol–water partition coefficient (Wildman–Crippen LogP) is 2.06. The molecule has 2 rings (SSSR count). The molecule has 19 heavy (non-hydrogen) atoms. The zero-order chi connectivity index (χ0) is 14.3. The Balaban J connectivity index is 2.63. The SMILES string of the molecule is CC(C)(C(N)c1cncc2ccccc12)S(C)(=O)=O. The third-order valence-electron chi connectivity index (χ3n) is 3.74. The van der Waals surface area contributed by atoms with E-state index in [1.54, 1.807) is 26.2 Å². The predicted molar refractivity (Wildman–Crippen MR) is 77.6 cm³/mol. The first-order valence-corrected chi connectivity index (χ1v) is 7.92. The van der Waals surface area contributed by atoms with E-state index in [1.165, 1.54) is 6.26 Å². The van der Waals surface area contributed by atoms with Crippen LogP contribution in [0.5, 0.6) is 0 Å². The quantitative estimate of drug-likeness (QED) is 0.932. The van der Waals surface area contributed by atoms with Crippen molar-refractivity contribution in [3.05, 3.63) is 42.2 Å². The maximum absolute atomic E-state index is 11.9. The minimum Gasteiger partial charge on any atom is -0.323 e. The Bertz CT molecular complexity index is 703. The van der Waals surface area contributed by atoms with Crippen molar-refractivity contribution in [3.8, 4) is 0 Å². The number of hydrogen-bond acceptors (Lipinski definition) is 4. The zero-order valence-electron chi connectivity index (χ0n) is 11.3. The minimum atomic E-state index is -3.27. The van der Waals surface area contributed by atoms with Gasteiger partial charge in [0.25, 0.3) is 0 Å². The Morgan fingerprint density at radius 2 is 1.84 bits per heavy atom. The molecule has 0 saturated carbocycles. The number of aromatic nitrogens is 1. The van der Waals surface area contributed by atoms with Crippen LogP contribution in [0.25, 0.3) is 10.8 Å². The van der Waals surface area contributed by atoms with Gasteiger partial charge in [0.05, 0.1) is 10.8 Å². The lowest BCUT2D eigenvalue weighted by Gasteiger charge is -2.30. The maximum atomic E-state index is 11.9. The van der Waals surface area contributed by atoms with Crippen LogP contribution in [-0.4, -0.2) is 24.4 Å². The molecule has 0 spiro atoms. The Morgan fingerprint density at radius 1 is 1.21 bits per heavy atom. The van der Waals surface area contributed by atoms with Gasteiger partial charge in [-0.1, -0.05) is 24.3 Å². The van der Waals surface area contributed by atoms with Crippen molar-refractivity contribution in [2.75, 3.05) is 6.26 Å². The van der Waals surface area contributed by atoms with Crippen molar-refractivity contribution >= 4 is 20.6 Å². The van der Waals surface area contributed by atoms with Crippen molar-refractivity contribution < 1.29 is 8.42 Å². The van der Waals surface area contributed by atoms with Gasteiger partial charge in [-0.05, 0) is 24.8 Å². The molecule has 2 N–H and O–H groups in total. The van der Waals surface area contributed by atoms with Crippen LogP contribution in [0.15, 0.2) is 36.7 Å². The highest BCUT2D eigenvalue weighted by molar-refractivity contribution is 7.92. The molecule has 0 saturated heterocycles. The number of hydrogen-bond donors (Lipinski definition) is 1. The molecule has 1 unspecified atom stereocenters. The van der Waals surface area contributed by atoms with Gasteiger partial charge in [-0.2, -0.15) is 0 Å². The molecule has 0 aliphatic heterocycles. The van der Waals surface area contributed by atoms with E-state index in [1.807, 2.05) is 24.3 Å². The molecule has 0 amide bonds. The molecule has 0 aliphatic rings. The van der Waals surface area contributed by atoms with E-state index >= 15 is 0 Å². The highest BCUT2D eigenvalue weighted by Crippen LogP contribution is 2.33. The monoisotopic (exact) mass is 278 g/mol. The highest BCUT2D eigenvalue weighted by Gasteiger charge is 2.38. The highest BCUT2D eigenvalue weighted by atomic mass is 32.2. The average Bonchev–Trinajstić information content (AvgIpc) is 2.36. The van der Waals surface area contributed by atoms with E-state index in [4.69, 9.17) is 5.73 Å². The molecule has 1 aromatic heterocycles. The molecule has 102 valence electrons. The molecule has 5 heteroatoms. The summed E-state index contributed by atoms with van der Waals surface area (Å²) in [7, 11) is -3.27. The van der Waals surface area contributed by atoms with Gasteiger partial charge in [-0.15, -0.1) is 0 Å². The van der Waals surface area contributed by atoms with Gasteiger partial charge in [-0.25, -0.2) is 8.42 Å². The van der Waals surface area contributed by atoms with Crippen LogP contribution in [0.2, 0.25) is 0 Å². The average molecular weight is 278 g/mol. The first-order valence-electron chi connectivity index (χ1n) is 6.03.